The van der Waals surface area contributed by atoms with E-state index in [2.05, 4.69) is 26.6 Å². The number of ether oxygens (including phenoxy) is 1. The van der Waals surface area contributed by atoms with Gasteiger partial charge in [-0.1, -0.05) is 22.0 Å². The standard InChI is InChI=1S/C15H14BrN3O2/c1-8-2-3-9(16)4-11(8)18-12-6-13-14(5-10(12)17)21-7-15(20)19-13/h2-6,18H,7,17H2,1H3,(H,19,20). The molecule has 1 aliphatic rings. The van der Waals surface area contributed by atoms with Crippen LogP contribution in [-0.2, 0) is 4.79 Å². The number of nitrogen functional groups attached to an aromatic ring is 1. The fourth-order valence-electron chi connectivity index (χ4n) is 2.12. The van der Waals surface area contributed by atoms with Crippen molar-refractivity contribution in [3.05, 3.63) is 40.4 Å². The van der Waals surface area contributed by atoms with Crippen LogP contribution in [0.3, 0.4) is 0 Å². The zero-order valence-electron chi connectivity index (χ0n) is 11.4. The third-order valence-corrected chi connectivity index (χ3v) is 3.75. The molecular weight excluding hydrogens is 334 g/mol. The Labute approximate surface area is 130 Å². The number of rotatable bonds is 2. The number of anilines is 4. The van der Waals surface area contributed by atoms with Crippen molar-refractivity contribution < 1.29 is 9.53 Å². The number of benzene rings is 2. The van der Waals surface area contributed by atoms with E-state index in [0.717, 1.165) is 21.4 Å². The summed E-state index contributed by atoms with van der Waals surface area (Å²) in [7, 11) is 0. The van der Waals surface area contributed by atoms with Crippen LogP contribution in [0.4, 0.5) is 22.7 Å². The summed E-state index contributed by atoms with van der Waals surface area (Å²) >= 11 is 3.45. The number of hydrogen-bond acceptors (Lipinski definition) is 4. The minimum absolute atomic E-state index is 0.0178. The molecule has 3 rings (SSSR count). The van der Waals surface area contributed by atoms with Gasteiger partial charge in [0.05, 0.1) is 17.1 Å². The largest absolute Gasteiger partial charge is 0.482 e. The van der Waals surface area contributed by atoms with E-state index >= 15 is 0 Å². The molecule has 0 saturated carbocycles. The molecule has 2 aromatic carbocycles. The topological polar surface area (TPSA) is 76.4 Å². The van der Waals surface area contributed by atoms with Gasteiger partial charge in [0.25, 0.3) is 5.91 Å². The molecule has 1 aliphatic heterocycles. The van der Waals surface area contributed by atoms with Gasteiger partial charge in [0.15, 0.2) is 6.61 Å². The van der Waals surface area contributed by atoms with Crippen molar-refractivity contribution in [2.45, 2.75) is 6.92 Å². The van der Waals surface area contributed by atoms with E-state index in [9.17, 15) is 4.79 Å². The maximum Gasteiger partial charge on any atom is 0.262 e. The van der Waals surface area contributed by atoms with E-state index in [0.29, 0.717) is 17.1 Å². The first-order valence-corrected chi connectivity index (χ1v) is 7.21. The summed E-state index contributed by atoms with van der Waals surface area (Å²) in [5.74, 6) is 0.417. The van der Waals surface area contributed by atoms with Crippen LogP contribution in [-0.4, -0.2) is 12.5 Å². The fourth-order valence-corrected chi connectivity index (χ4v) is 2.49. The molecule has 0 aromatic heterocycles. The minimum Gasteiger partial charge on any atom is -0.482 e. The highest BCUT2D eigenvalue weighted by Crippen LogP contribution is 2.37. The Balaban J connectivity index is 1.97. The van der Waals surface area contributed by atoms with Gasteiger partial charge in [-0.05, 0) is 30.7 Å². The number of nitrogens with one attached hydrogen (secondary N) is 2. The number of amides is 1. The summed E-state index contributed by atoms with van der Waals surface area (Å²) in [6.45, 7) is 2.03. The molecule has 5 nitrogen and oxygen atoms in total. The third-order valence-electron chi connectivity index (χ3n) is 3.25. The molecule has 4 N–H and O–H groups in total. The smallest absolute Gasteiger partial charge is 0.262 e. The summed E-state index contributed by atoms with van der Waals surface area (Å²) < 4.78 is 6.31. The van der Waals surface area contributed by atoms with Gasteiger partial charge < -0.3 is 21.1 Å². The SMILES string of the molecule is Cc1ccc(Br)cc1Nc1cc2c(cc1N)OCC(=O)N2. The van der Waals surface area contributed by atoms with Gasteiger partial charge in [-0.2, -0.15) is 0 Å². The van der Waals surface area contributed by atoms with Gasteiger partial charge in [0.2, 0.25) is 0 Å². The van der Waals surface area contributed by atoms with Crippen molar-refractivity contribution in [1.29, 1.82) is 0 Å². The van der Waals surface area contributed by atoms with E-state index in [1.807, 2.05) is 25.1 Å². The van der Waals surface area contributed by atoms with Crippen LogP contribution < -0.4 is 21.1 Å². The van der Waals surface area contributed by atoms with Gasteiger partial charge in [-0.3, -0.25) is 4.79 Å². The van der Waals surface area contributed by atoms with Crippen LogP contribution in [0.15, 0.2) is 34.8 Å². The lowest BCUT2D eigenvalue weighted by Crippen LogP contribution is -2.25. The summed E-state index contributed by atoms with van der Waals surface area (Å²) in [6.07, 6.45) is 0. The molecule has 0 unspecified atom stereocenters. The Morgan fingerprint density at radius 1 is 1.29 bits per heavy atom. The molecule has 1 amide bonds. The molecule has 108 valence electrons. The molecule has 6 heteroatoms. The molecule has 0 bridgehead atoms. The maximum absolute atomic E-state index is 11.4. The molecule has 0 saturated heterocycles. The molecule has 0 fully saturated rings. The van der Waals surface area contributed by atoms with Crippen molar-refractivity contribution >= 4 is 44.6 Å². The van der Waals surface area contributed by atoms with Gasteiger partial charge in [-0.15, -0.1) is 0 Å². The quantitative estimate of drug-likeness (QED) is 0.727. The van der Waals surface area contributed by atoms with Gasteiger partial charge in [0, 0.05) is 16.2 Å². The summed E-state index contributed by atoms with van der Waals surface area (Å²) in [5, 5.41) is 6.05. The Bertz CT molecular complexity index is 731. The number of halogens is 1. The normalized spacial score (nSPS) is 13.1. The number of nitrogens with two attached hydrogens (primary N) is 1. The first-order chi connectivity index (χ1) is 10.0. The first kappa shape index (κ1) is 13.8. The van der Waals surface area contributed by atoms with E-state index < -0.39 is 0 Å². The fraction of sp³-hybridized carbons (Fsp3) is 0.133. The zero-order chi connectivity index (χ0) is 15.0. The van der Waals surface area contributed by atoms with Crippen LogP contribution in [0.25, 0.3) is 0 Å². The average molecular weight is 348 g/mol. The van der Waals surface area contributed by atoms with Crippen molar-refractivity contribution in [2.75, 3.05) is 23.0 Å². The number of carbonyl (C=O) groups excluding carboxylic acids is 1. The molecule has 2 aromatic rings. The highest BCUT2D eigenvalue weighted by molar-refractivity contribution is 9.10. The van der Waals surface area contributed by atoms with Crippen LogP contribution in [0.2, 0.25) is 0 Å². The van der Waals surface area contributed by atoms with E-state index in [1.165, 1.54) is 0 Å². The Morgan fingerprint density at radius 3 is 2.90 bits per heavy atom. The molecule has 21 heavy (non-hydrogen) atoms. The number of hydrogen-bond donors (Lipinski definition) is 3. The number of fused-ring (bicyclic) bond motifs is 1. The molecule has 0 radical (unpaired) electrons. The Morgan fingerprint density at radius 2 is 2.10 bits per heavy atom. The van der Waals surface area contributed by atoms with Crippen molar-refractivity contribution in [3.8, 4) is 5.75 Å². The lowest BCUT2D eigenvalue weighted by molar-refractivity contribution is -0.118. The third kappa shape index (κ3) is 2.80. The average Bonchev–Trinajstić information content (AvgIpc) is 2.44. The highest BCUT2D eigenvalue weighted by atomic mass is 79.9. The number of carbonyl (C=O) groups is 1. The molecule has 0 atom stereocenters. The van der Waals surface area contributed by atoms with Crippen molar-refractivity contribution in [1.82, 2.24) is 0 Å². The summed E-state index contributed by atoms with van der Waals surface area (Å²) in [5.41, 5.74) is 9.99. The van der Waals surface area contributed by atoms with Crippen LogP contribution in [0.1, 0.15) is 5.56 Å². The van der Waals surface area contributed by atoms with Crippen molar-refractivity contribution in [3.63, 3.8) is 0 Å². The van der Waals surface area contributed by atoms with Crippen LogP contribution in [0, 0.1) is 6.92 Å². The minimum atomic E-state index is -0.170. The zero-order valence-corrected chi connectivity index (χ0v) is 13.0. The molecule has 1 heterocycles. The molecule has 0 spiro atoms. The molecular formula is C15H14BrN3O2. The second-order valence-corrected chi connectivity index (χ2v) is 5.77. The molecule has 0 aliphatic carbocycles. The van der Waals surface area contributed by atoms with Gasteiger partial charge in [0.1, 0.15) is 5.75 Å². The van der Waals surface area contributed by atoms with Gasteiger partial charge >= 0.3 is 0 Å². The van der Waals surface area contributed by atoms with Crippen LogP contribution >= 0.6 is 15.9 Å². The van der Waals surface area contributed by atoms with E-state index in [-0.39, 0.29) is 12.5 Å². The predicted molar refractivity (Wildman–Crippen MR) is 87.1 cm³/mol. The summed E-state index contributed by atoms with van der Waals surface area (Å²) in [4.78, 5) is 11.4. The Kier molecular flexibility index (Phi) is 3.47. The van der Waals surface area contributed by atoms with Gasteiger partial charge in [-0.25, -0.2) is 0 Å². The van der Waals surface area contributed by atoms with E-state index in [1.54, 1.807) is 12.1 Å². The maximum atomic E-state index is 11.4. The number of aryl methyl sites for hydroxylation is 1. The highest BCUT2D eigenvalue weighted by Gasteiger charge is 2.18. The predicted octanol–water partition coefficient (Wildman–Crippen LogP) is 3.41. The second kappa shape index (κ2) is 5.29. The monoisotopic (exact) mass is 347 g/mol. The lowest BCUT2D eigenvalue weighted by atomic mass is 10.1. The Hall–Kier alpha value is -2.21. The first-order valence-electron chi connectivity index (χ1n) is 6.42. The van der Waals surface area contributed by atoms with Crippen molar-refractivity contribution in [2.24, 2.45) is 0 Å². The lowest BCUT2D eigenvalue weighted by Gasteiger charge is -2.20. The van der Waals surface area contributed by atoms with Crippen LogP contribution in [0.5, 0.6) is 5.75 Å². The summed E-state index contributed by atoms with van der Waals surface area (Å²) in [6, 6.07) is 9.45. The van der Waals surface area contributed by atoms with E-state index in [4.69, 9.17) is 10.5 Å². The second-order valence-electron chi connectivity index (χ2n) is 4.86.